The summed E-state index contributed by atoms with van der Waals surface area (Å²) < 4.78 is 10.5. The summed E-state index contributed by atoms with van der Waals surface area (Å²) in [4.78, 5) is 0. The second-order valence-corrected chi connectivity index (χ2v) is 3.45. The van der Waals surface area contributed by atoms with Crippen molar-refractivity contribution in [2.45, 2.75) is 19.8 Å². The molecule has 0 spiro atoms. The number of allylic oxidation sites excluding steroid dienone is 4. The van der Waals surface area contributed by atoms with Crippen molar-refractivity contribution in [3.05, 3.63) is 35.8 Å². The van der Waals surface area contributed by atoms with Gasteiger partial charge in [0, 0.05) is 0 Å². The third-order valence-corrected chi connectivity index (χ3v) is 2.42. The first-order chi connectivity index (χ1) is 6.31. The van der Waals surface area contributed by atoms with Crippen molar-refractivity contribution in [2.24, 2.45) is 5.92 Å². The van der Waals surface area contributed by atoms with E-state index in [1.165, 1.54) is 18.4 Å². The molecule has 1 aliphatic heterocycles. The van der Waals surface area contributed by atoms with Crippen molar-refractivity contribution in [1.29, 1.82) is 0 Å². The SMILES string of the molecule is C=C/C(=C\C1=C(C)OCO1)C1CC1. The van der Waals surface area contributed by atoms with E-state index in [0.29, 0.717) is 12.7 Å². The first-order valence-electron chi connectivity index (χ1n) is 4.62. The van der Waals surface area contributed by atoms with Crippen molar-refractivity contribution < 1.29 is 9.47 Å². The molecule has 0 aromatic carbocycles. The minimum atomic E-state index is 0.354. The van der Waals surface area contributed by atoms with Crippen LogP contribution in [0.3, 0.4) is 0 Å². The van der Waals surface area contributed by atoms with Crippen LogP contribution in [0.4, 0.5) is 0 Å². The van der Waals surface area contributed by atoms with E-state index < -0.39 is 0 Å². The highest BCUT2D eigenvalue weighted by Crippen LogP contribution is 2.38. The summed E-state index contributed by atoms with van der Waals surface area (Å²) in [5.41, 5.74) is 1.28. The molecule has 0 amide bonds. The van der Waals surface area contributed by atoms with Gasteiger partial charge in [-0.2, -0.15) is 0 Å². The fourth-order valence-corrected chi connectivity index (χ4v) is 1.41. The molecule has 2 rings (SSSR count). The van der Waals surface area contributed by atoms with Gasteiger partial charge >= 0.3 is 0 Å². The molecule has 0 radical (unpaired) electrons. The van der Waals surface area contributed by atoms with E-state index in [1.807, 2.05) is 19.1 Å². The molecule has 13 heavy (non-hydrogen) atoms. The van der Waals surface area contributed by atoms with E-state index in [1.54, 1.807) is 0 Å². The maximum absolute atomic E-state index is 5.31. The van der Waals surface area contributed by atoms with Gasteiger partial charge in [0.25, 0.3) is 0 Å². The highest BCUT2D eigenvalue weighted by molar-refractivity contribution is 5.32. The molecule has 0 saturated heterocycles. The Labute approximate surface area is 78.5 Å². The lowest BCUT2D eigenvalue weighted by atomic mass is 10.1. The predicted molar refractivity (Wildman–Crippen MR) is 50.7 cm³/mol. The summed E-state index contributed by atoms with van der Waals surface area (Å²) in [5, 5.41) is 0. The molecule has 1 heterocycles. The molecule has 0 atom stereocenters. The molecule has 0 N–H and O–H groups in total. The lowest BCUT2D eigenvalue weighted by Gasteiger charge is -1.99. The molecule has 0 bridgehead atoms. The predicted octanol–water partition coefficient (Wildman–Crippen LogP) is 2.74. The molecule has 2 nitrogen and oxygen atoms in total. The van der Waals surface area contributed by atoms with Crippen LogP contribution in [0.15, 0.2) is 35.8 Å². The van der Waals surface area contributed by atoms with Crippen molar-refractivity contribution in [1.82, 2.24) is 0 Å². The van der Waals surface area contributed by atoms with Crippen LogP contribution in [0.2, 0.25) is 0 Å². The van der Waals surface area contributed by atoms with Gasteiger partial charge in [-0.3, -0.25) is 0 Å². The van der Waals surface area contributed by atoms with Crippen LogP contribution in [0.25, 0.3) is 0 Å². The number of rotatable bonds is 3. The van der Waals surface area contributed by atoms with Crippen molar-refractivity contribution in [2.75, 3.05) is 6.79 Å². The molecular weight excluding hydrogens is 164 g/mol. The van der Waals surface area contributed by atoms with E-state index >= 15 is 0 Å². The van der Waals surface area contributed by atoms with Crippen LogP contribution in [-0.2, 0) is 9.47 Å². The number of hydrogen-bond acceptors (Lipinski definition) is 2. The van der Waals surface area contributed by atoms with Gasteiger partial charge in [0.05, 0.1) is 0 Å². The summed E-state index contributed by atoms with van der Waals surface area (Å²) in [7, 11) is 0. The molecule has 1 saturated carbocycles. The smallest absolute Gasteiger partial charge is 0.230 e. The average Bonchev–Trinajstić information content (AvgIpc) is 2.88. The Hall–Kier alpha value is -1.18. The molecule has 0 aromatic heterocycles. The van der Waals surface area contributed by atoms with E-state index in [-0.39, 0.29) is 0 Å². The summed E-state index contributed by atoms with van der Waals surface area (Å²) in [6.45, 7) is 6.08. The van der Waals surface area contributed by atoms with Gasteiger partial charge in [0.2, 0.25) is 6.79 Å². The summed E-state index contributed by atoms with van der Waals surface area (Å²) in [5.74, 6) is 2.45. The highest BCUT2D eigenvalue weighted by atomic mass is 16.7. The summed E-state index contributed by atoms with van der Waals surface area (Å²) >= 11 is 0. The fraction of sp³-hybridized carbons (Fsp3) is 0.455. The van der Waals surface area contributed by atoms with E-state index in [2.05, 4.69) is 6.58 Å². The van der Waals surface area contributed by atoms with Crippen LogP contribution in [0.5, 0.6) is 0 Å². The maximum Gasteiger partial charge on any atom is 0.230 e. The van der Waals surface area contributed by atoms with Gasteiger partial charge in [0.1, 0.15) is 5.76 Å². The van der Waals surface area contributed by atoms with Crippen LogP contribution in [0, 0.1) is 5.92 Å². The van der Waals surface area contributed by atoms with Gasteiger partial charge in [-0.1, -0.05) is 12.7 Å². The van der Waals surface area contributed by atoms with Crippen LogP contribution < -0.4 is 0 Å². The lowest BCUT2D eigenvalue weighted by Crippen LogP contribution is -1.86. The molecule has 70 valence electrons. The Bertz CT molecular complexity index is 282. The fourth-order valence-electron chi connectivity index (χ4n) is 1.41. The summed E-state index contributed by atoms with van der Waals surface area (Å²) in [6.07, 6.45) is 6.53. The third kappa shape index (κ3) is 1.77. The van der Waals surface area contributed by atoms with Gasteiger partial charge in [-0.25, -0.2) is 0 Å². The van der Waals surface area contributed by atoms with Crippen molar-refractivity contribution in [3.63, 3.8) is 0 Å². The zero-order valence-electron chi connectivity index (χ0n) is 7.88. The largest absolute Gasteiger partial charge is 0.458 e. The molecule has 2 heteroatoms. The normalized spacial score (nSPS) is 22.7. The zero-order valence-corrected chi connectivity index (χ0v) is 7.88. The zero-order chi connectivity index (χ0) is 9.26. The van der Waals surface area contributed by atoms with E-state index in [4.69, 9.17) is 9.47 Å². The summed E-state index contributed by atoms with van der Waals surface area (Å²) in [6, 6.07) is 0. The Balaban J connectivity index is 2.15. The van der Waals surface area contributed by atoms with Gasteiger partial charge in [-0.05, 0) is 37.3 Å². The van der Waals surface area contributed by atoms with Crippen LogP contribution in [-0.4, -0.2) is 6.79 Å². The average molecular weight is 178 g/mol. The molecule has 0 unspecified atom stereocenters. The third-order valence-electron chi connectivity index (χ3n) is 2.42. The molecule has 1 fully saturated rings. The first-order valence-corrected chi connectivity index (χ1v) is 4.62. The lowest BCUT2D eigenvalue weighted by molar-refractivity contribution is 0.0749. The Morgan fingerprint density at radius 1 is 1.46 bits per heavy atom. The Morgan fingerprint density at radius 3 is 2.69 bits per heavy atom. The molecule has 0 aromatic rings. The maximum atomic E-state index is 5.31. The van der Waals surface area contributed by atoms with Crippen LogP contribution in [0.1, 0.15) is 19.8 Å². The highest BCUT2D eigenvalue weighted by Gasteiger charge is 2.25. The second-order valence-electron chi connectivity index (χ2n) is 3.45. The van der Waals surface area contributed by atoms with Gasteiger partial charge < -0.3 is 9.47 Å². The Kier molecular flexibility index (Phi) is 2.13. The van der Waals surface area contributed by atoms with E-state index in [9.17, 15) is 0 Å². The first kappa shape index (κ1) is 8.42. The van der Waals surface area contributed by atoms with Crippen LogP contribution >= 0.6 is 0 Å². The second kappa shape index (κ2) is 3.29. The standard InChI is InChI=1S/C11H14O2/c1-3-9(10-4-5-10)6-11-8(2)12-7-13-11/h3,6,10H,1,4-5,7H2,2H3/b9-6+. The van der Waals surface area contributed by atoms with E-state index in [0.717, 1.165) is 11.5 Å². The monoisotopic (exact) mass is 178 g/mol. The molecule has 1 aliphatic carbocycles. The number of ether oxygens (including phenoxy) is 2. The van der Waals surface area contributed by atoms with Crippen molar-refractivity contribution in [3.8, 4) is 0 Å². The van der Waals surface area contributed by atoms with Gasteiger partial charge in [0.15, 0.2) is 5.76 Å². The topological polar surface area (TPSA) is 18.5 Å². The minimum Gasteiger partial charge on any atom is -0.458 e. The van der Waals surface area contributed by atoms with Crippen molar-refractivity contribution >= 4 is 0 Å². The van der Waals surface area contributed by atoms with Gasteiger partial charge in [-0.15, -0.1) is 0 Å². The quantitative estimate of drug-likeness (QED) is 0.619. The molecular formula is C11H14O2. The Morgan fingerprint density at radius 2 is 2.23 bits per heavy atom. The minimum absolute atomic E-state index is 0.354. The molecule has 2 aliphatic rings. The number of hydrogen-bond donors (Lipinski definition) is 0.